The van der Waals surface area contributed by atoms with Crippen LogP contribution in [0.2, 0.25) is 0 Å². The Morgan fingerprint density at radius 3 is 2.60 bits per heavy atom. The lowest BCUT2D eigenvalue weighted by Gasteiger charge is -2.26. The van der Waals surface area contributed by atoms with Crippen LogP contribution in [0, 0.1) is 0 Å². The van der Waals surface area contributed by atoms with Crippen molar-refractivity contribution in [2.24, 2.45) is 0 Å². The van der Waals surface area contributed by atoms with E-state index in [4.69, 9.17) is 0 Å². The third-order valence-electron chi connectivity index (χ3n) is 3.47. The average molecular weight is 276 g/mol. The van der Waals surface area contributed by atoms with Gasteiger partial charge < -0.3 is 10.6 Å². The monoisotopic (exact) mass is 276 g/mol. The van der Waals surface area contributed by atoms with Crippen LogP contribution in [-0.2, 0) is 10.2 Å². The molecule has 0 radical (unpaired) electrons. The Bertz CT molecular complexity index is 444. The molecule has 2 heterocycles. The van der Waals surface area contributed by atoms with Crippen molar-refractivity contribution >= 4 is 11.7 Å². The first-order valence-corrected chi connectivity index (χ1v) is 7.14. The number of anilines is 1. The van der Waals surface area contributed by atoms with E-state index in [0.29, 0.717) is 12.4 Å². The number of nitrogens with zero attached hydrogens (tertiary/aromatic N) is 2. The second kappa shape index (κ2) is 6.33. The lowest BCUT2D eigenvalue weighted by Crippen LogP contribution is -2.46. The van der Waals surface area contributed by atoms with E-state index in [1.54, 1.807) is 0 Å². The Morgan fingerprint density at radius 2 is 2.05 bits per heavy atom. The summed E-state index contributed by atoms with van der Waals surface area (Å²) < 4.78 is 0. The number of piperazine rings is 1. The molecular weight excluding hydrogens is 252 g/mol. The molecular formula is C15H24N4O. The van der Waals surface area contributed by atoms with Crippen LogP contribution in [0.15, 0.2) is 18.3 Å². The lowest BCUT2D eigenvalue weighted by atomic mass is 9.88. The molecule has 0 aromatic carbocycles. The van der Waals surface area contributed by atoms with Gasteiger partial charge in [0.25, 0.3) is 0 Å². The molecule has 0 spiro atoms. The number of pyridine rings is 1. The quantitative estimate of drug-likeness (QED) is 0.871. The number of amides is 1. The summed E-state index contributed by atoms with van der Waals surface area (Å²) >= 11 is 0. The molecule has 1 aliphatic heterocycles. The predicted molar refractivity (Wildman–Crippen MR) is 80.9 cm³/mol. The van der Waals surface area contributed by atoms with Crippen molar-refractivity contribution in [2.75, 3.05) is 38.0 Å². The Labute approximate surface area is 120 Å². The van der Waals surface area contributed by atoms with Crippen molar-refractivity contribution in [1.29, 1.82) is 0 Å². The minimum Gasteiger partial charge on any atom is -0.314 e. The number of carbonyl (C=O) groups is 1. The third-order valence-corrected chi connectivity index (χ3v) is 3.47. The van der Waals surface area contributed by atoms with Gasteiger partial charge in [-0.15, -0.1) is 0 Å². The first kappa shape index (κ1) is 14.9. The largest absolute Gasteiger partial charge is 0.314 e. The van der Waals surface area contributed by atoms with Gasteiger partial charge in [-0.3, -0.25) is 9.69 Å². The van der Waals surface area contributed by atoms with Gasteiger partial charge >= 0.3 is 0 Å². The SMILES string of the molecule is CC(C)(C)c1ccc(NC(=O)CN2CCNCC2)nc1. The molecule has 0 bridgehead atoms. The molecule has 20 heavy (non-hydrogen) atoms. The number of hydrogen-bond donors (Lipinski definition) is 2. The van der Waals surface area contributed by atoms with Gasteiger partial charge in [0.2, 0.25) is 5.91 Å². The molecule has 2 N–H and O–H groups in total. The van der Waals surface area contributed by atoms with Crippen LogP contribution < -0.4 is 10.6 Å². The standard InChI is InChI=1S/C15H24N4O/c1-15(2,3)12-4-5-13(17-10-12)18-14(20)11-19-8-6-16-7-9-19/h4-5,10,16H,6-9,11H2,1-3H3,(H,17,18,20). The molecule has 0 atom stereocenters. The summed E-state index contributed by atoms with van der Waals surface area (Å²) in [6.45, 7) is 10.6. The molecule has 1 amide bonds. The van der Waals surface area contributed by atoms with E-state index in [0.717, 1.165) is 31.7 Å². The first-order chi connectivity index (χ1) is 9.45. The van der Waals surface area contributed by atoms with Crippen LogP contribution >= 0.6 is 0 Å². The Hall–Kier alpha value is -1.46. The normalized spacial score (nSPS) is 16.9. The zero-order valence-corrected chi connectivity index (χ0v) is 12.6. The zero-order valence-electron chi connectivity index (χ0n) is 12.6. The molecule has 5 nitrogen and oxygen atoms in total. The molecule has 0 saturated carbocycles. The lowest BCUT2D eigenvalue weighted by molar-refractivity contribution is -0.117. The average Bonchev–Trinajstić information content (AvgIpc) is 2.39. The highest BCUT2D eigenvalue weighted by Gasteiger charge is 2.15. The maximum Gasteiger partial charge on any atom is 0.239 e. The van der Waals surface area contributed by atoms with E-state index < -0.39 is 0 Å². The molecule has 5 heteroatoms. The van der Waals surface area contributed by atoms with Crippen molar-refractivity contribution in [3.63, 3.8) is 0 Å². The Balaban J connectivity index is 1.87. The van der Waals surface area contributed by atoms with E-state index >= 15 is 0 Å². The van der Waals surface area contributed by atoms with E-state index in [1.807, 2.05) is 18.3 Å². The minimum atomic E-state index is 0.00269. The van der Waals surface area contributed by atoms with Gasteiger partial charge in [-0.05, 0) is 17.0 Å². The summed E-state index contributed by atoms with van der Waals surface area (Å²) in [4.78, 5) is 18.4. The number of aromatic nitrogens is 1. The van der Waals surface area contributed by atoms with Crippen molar-refractivity contribution in [2.45, 2.75) is 26.2 Å². The smallest absolute Gasteiger partial charge is 0.239 e. The van der Waals surface area contributed by atoms with Gasteiger partial charge in [-0.25, -0.2) is 4.98 Å². The van der Waals surface area contributed by atoms with Crippen LogP contribution in [0.1, 0.15) is 26.3 Å². The Morgan fingerprint density at radius 1 is 1.35 bits per heavy atom. The second-order valence-corrected chi connectivity index (χ2v) is 6.26. The number of hydrogen-bond acceptors (Lipinski definition) is 4. The summed E-state index contributed by atoms with van der Waals surface area (Å²) in [5, 5.41) is 6.13. The number of nitrogens with one attached hydrogen (secondary N) is 2. The summed E-state index contributed by atoms with van der Waals surface area (Å²) in [6.07, 6.45) is 1.83. The fourth-order valence-electron chi connectivity index (χ4n) is 2.17. The minimum absolute atomic E-state index is 0.00269. The van der Waals surface area contributed by atoms with Gasteiger partial charge in [0.1, 0.15) is 5.82 Å². The van der Waals surface area contributed by atoms with Gasteiger partial charge in [-0.1, -0.05) is 26.8 Å². The topological polar surface area (TPSA) is 57.3 Å². The zero-order chi connectivity index (χ0) is 14.6. The van der Waals surface area contributed by atoms with Crippen LogP contribution in [0.3, 0.4) is 0 Å². The molecule has 1 aromatic rings. The molecule has 2 rings (SSSR count). The predicted octanol–water partition coefficient (Wildman–Crippen LogP) is 1.22. The van der Waals surface area contributed by atoms with Crippen LogP contribution in [-0.4, -0.2) is 48.5 Å². The van der Waals surface area contributed by atoms with Crippen molar-refractivity contribution in [3.05, 3.63) is 23.9 Å². The maximum absolute atomic E-state index is 11.9. The summed E-state index contributed by atoms with van der Waals surface area (Å²) in [7, 11) is 0. The molecule has 1 aromatic heterocycles. The molecule has 0 unspecified atom stereocenters. The summed E-state index contributed by atoms with van der Waals surface area (Å²) in [6, 6.07) is 3.89. The van der Waals surface area contributed by atoms with Gasteiger partial charge in [0, 0.05) is 32.4 Å². The van der Waals surface area contributed by atoms with Gasteiger partial charge in [0.15, 0.2) is 0 Å². The maximum atomic E-state index is 11.9. The second-order valence-electron chi connectivity index (χ2n) is 6.26. The summed E-state index contributed by atoms with van der Waals surface area (Å²) in [5.41, 5.74) is 1.24. The summed E-state index contributed by atoms with van der Waals surface area (Å²) in [5.74, 6) is 0.626. The number of carbonyl (C=O) groups excluding carboxylic acids is 1. The third kappa shape index (κ3) is 4.28. The highest BCUT2D eigenvalue weighted by atomic mass is 16.2. The van der Waals surface area contributed by atoms with Crippen LogP contribution in [0.5, 0.6) is 0 Å². The molecule has 110 valence electrons. The number of rotatable bonds is 3. The van der Waals surface area contributed by atoms with Crippen LogP contribution in [0.25, 0.3) is 0 Å². The van der Waals surface area contributed by atoms with E-state index in [-0.39, 0.29) is 11.3 Å². The van der Waals surface area contributed by atoms with Crippen molar-refractivity contribution in [1.82, 2.24) is 15.2 Å². The van der Waals surface area contributed by atoms with Crippen molar-refractivity contribution < 1.29 is 4.79 Å². The van der Waals surface area contributed by atoms with E-state index in [9.17, 15) is 4.79 Å². The van der Waals surface area contributed by atoms with E-state index in [1.165, 1.54) is 0 Å². The fourth-order valence-corrected chi connectivity index (χ4v) is 2.17. The first-order valence-electron chi connectivity index (χ1n) is 7.14. The van der Waals surface area contributed by atoms with Gasteiger partial charge in [-0.2, -0.15) is 0 Å². The molecule has 1 saturated heterocycles. The molecule has 1 aliphatic rings. The Kier molecular flexibility index (Phi) is 4.73. The van der Waals surface area contributed by atoms with Crippen molar-refractivity contribution in [3.8, 4) is 0 Å². The fraction of sp³-hybridized carbons (Fsp3) is 0.600. The highest BCUT2D eigenvalue weighted by molar-refractivity contribution is 5.91. The molecule has 1 fully saturated rings. The highest BCUT2D eigenvalue weighted by Crippen LogP contribution is 2.21. The van der Waals surface area contributed by atoms with E-state index in [2.05, 4.69) is 41.3 Å². The van der Waals surface area contributed by atoms with Gasteiger partial charge in [0.05, 0.1) is 6.54 Å². The molecule has 0 aliphatic carbocycles. The van der Waals surface area contributed by atoms with Crippen LogP contribution in [0.4, 0.5) is 5.82 Å².